The number of thioether (sulfide) groups is 1. The zero-order valence-corrected chi connectivity index (χ0v) is 21.8. The molecule has 9 atom stereocenters. The molecule has 4 rings (SSSR count). The van der Waals surface area contributed by atoms with Crippen LogP contribution in [0.2, 0.25) is 0 Å². The highest BCUT2D eigenvalue weighted by Crippen LogP contribution is 2.31. The van der Waals surface area contributed by atoms with Crippen LogP contribution in [0, 0.1) is 11.8 Å². The smallest absolute Gasteiger partial charge is 0.240 e. The van der Waals surface area contributed by atoms with Gasteiger partial charge in [0.25, 0.3) is 0 Å². The van der Waals surface area contributed by atoms with E-state index in [1.807, 2.05) is 26.0 Å². The number of hydrogen-bond acceptors (Lipinski definition) is 11. The molecule has 1 aromatic rings. The topological polar surface area (TPSA) is 162 Å². The number of carbonyl (C=O) groups excluding carboxylic acids is 1. The van der Waals surface area contributed by atoms with Crippen molar-refractivity contribution >= 4 is 23.5 Å². The third-order valence-corrected chi connectivity index (χ3v) is 8.21. The van der Waals surface area contributed by atoms with E-state index in [4.69, 9.17) is 15.2 Å². The molecule has 0 radical (unpaired) electrons. The summed E-state index contributed by atoms with van der Waals surface area (Å²) in [5, 5.41) is 37.6. The Hall–Kier alpha value is -1.51. The first-order chi connectivity index (χ1) is 17.2. The van der Waals surface area contributed by atoms with Crippen LogP contribution in [-0.2, 0) is 20.8 Å². The first-order valence-electron chi connectivity index (χ1n) is 12.5. The van der Waals surface area contributed by atoms with E-state index < -0.39 is 41.9 Å². The zero-order valence-electron chi connectivity index (χ0n) is 21.0. The molecule has 0 aliphatic carbocycles. The largest absolute Gasteiger partial charge is 0.388 e. The molecule has 1 aromatic heterocycles. The maximum absolute atomic E-state index is 13.4. The summed E-state index contributed by atoms with van der Waals surface area (Å²) in [5.41, 5.74) is 6.21. The van der Waals surface area contributed by atoms with Crippen LogP contribution < -0.4 is 16.4 Å². The summed E-state index contributed by atoms with van der Waals surface area (Å²) in [6.07, 6.45) is -1.58. The van der Waals surface area contributed by atoms with Crippen LogP contribution >= 0.6 is 11.8 Å². The Labute approximate surface area is 216 Å². The van der Waals surface area contributed by atoms with E-state index in [9.17, 15) is 20.1 Å². The molecule has 36 heavy (non-hydrogen) atoms. The van der Waals surface area contributed by atoms with Crippen LogP contribution in [-0.4, -0.2) is 112 Å². The minimum Gasteiger partial charge on any atom is -0.388 e. The molecule has 3 aliphatic rings. The quantitative estimate of drug-likeness (QED) is 0.253. The van der Waals surface area contributed by atoms with Crippen LogP contribution in [0.1, 0.15) is 19.4 Å². The Morgan fingerprint density at radius 1 is 1.33 bits per heavy atom. The van der Waals surface area contributed by atoms with Crippen molar-refractivity contribution in [1.82, 2.24) is 20.5 Å². The monoisotopic (exact) mass is 525 g/mol. The maximum atomic E-state index is 13.4. The van der Waals surface area contributed by atoms with Gasteiger partial charge in [0.2, 0.25) is 5.91 Å². The van der Waals surface area contributed by atoms with Gasteiger partial charge in [-0.3, -0.25) is 9.69 Å². The molecular weight excluding hydrogens is 486 g/mol. The summed E-state index contributed by atoms with van der Waals surface area (Å²) >= 11 is 1.25. The minimum absolute atomic E-state index is 0.0888. The van der Waals surface area contributed by atoms with E-state index in [0.717, 1.165) is 25.2 Å². The van der Waals surface area contributed by atoms with Gasteiger partial charge in [0.1, 0.15) is 41.7 Å². The van der Waals surface area contributed by atoms with Gasteiger partial charge in [-0.15, -0.1) is 11.8 Å². The van der Waals surface area contributed by atoms with E-state index in [1.165, 1.54) is 11.8 Å². The lowest BCUT2D eigenvalue weighted by Gasteiger charge is -2.44. The molecular formula is C24H39N5O6S. The van der Waals surface area contributed by atoms with Gasteiger partial charge in [0, 0.05) is 38.3 Å². The van der Waals surface area contributed by atoms with Crippen LogP contribution in [0.5, 0.6) is 0 Å². The Morgan fingerprint density at radius 3 is 2.81 bits per heavy atom. The number of rotatable bonds is 7. The molecule has 11 nitrogen and oxygen atoms in total. The average Bonchev–Trinajstić information content (AvgIpc) is 3.13. The first kappa shape index (κ1) is 27.5. The molecule has 7 N–H and O–H groups in total. The van der Waals surface area contributed by atoms with Crippen LogP contribution in [0.4, 0.5) is 5.82 Å². The lowest BCUT2D eigenvalue weighted by atomic mass is 9.88. The van der Waals surface area contributed by atoms with E-state index in [0.29, 0.717) is 19.0 Å². The predicted molar refractivity (Wildman–Crippen MR) is 136 cm³/mol. The standard InChI is InChI=1S/C24H39N5O6S/c1-12(2)16(22-19(31)18(30)20(32)24(35-22)36-3)28-23(33)17-21-14(9-27-17)11-29(6-7-34-21)10-13-4-5-26-15(25)8-13/h4-5,8,12,14,16-22,24,27,30-32H,6-7,9-11H2,1-3H3,(H2,25,26)(H,28,33)/t14-,16-,17+,18?,19?,20-,21-,22-,24?/m1/s1. The summed E-state index contributed by atoms with van der Waals surface area (Å²) in [4.78, 5) is 19.8. The van der Waals surface area contributed by atoms with Crippen molar-refractivity contribution < 1.29 is 29.6 Å². The van der Waals surface area contributed by atoms with Gasteiger partial charge in [0.15, 0.2) is 0 Å². The number of pyridine rings is 1. The van der Waals surface area contributed by atoms with Gasteiger partial charge in [-0.25, -0.2) is 4.98 Å². The normalized spacial score (nSPS) is 36.3. The highest BCUT2D eigenvalue weighted by atomic mass is 32.2. The van der Waals surface area contributed by atoms with Crippen molar-refractivity contribution in [2.75, 3.05) is 38.2 Å². The average molecular weight is 526 g/mol. The highest BCUT2D eigenvalue weighted by molar-refractivity contribution is 7.99. The molecule has 0 aromatic carbocycles. The summed E-state index contributed by atoms with van der Waals surface area (Å²) in [6, 6.07) is 2.72. The number of nitrogen functional groups attached to an aromatic ring is 1. The summed E-state index contributed by atoms with van der Waals surface area (Å²) in [5.74, 6) is 0.311. The van der Waals surface area contributed by atoms with Gasteiger partial charge in [-0.05, 0) is 29.9 Å². The molecule has 3 saturated heterocycles. The lowest BCUT2D eigenvalue weighted by Crippen LogP contribution is -2.65. The third kappa shape index (κ3) is 5.97. The van der Waals surface area contributed by atoms with Gasteiger partial charge in [0.05, 0.1) is 18.8 Å². The molecule has 0 saturated carbocycles. The third-order valence-electron chi connectivity index (χ3n) is 7.36. The number of anilines is 1. The van der Waals surface area contributed by atoms with Crippen molar-refractivity contribution in [3.05, 3.63) is 23.9 Å². The van der Waals surface area contributed by atoms with Crippen molar-refractivity contribution in [3.63, 3.8) is 0 Å². The molecule has 202 valence electrons. The van der Waals surface area contributed by atoms with Crippen molar-refractivity contribution in [2.24, 2.45) is 11.8 Å². The van der Waals surface area contributed by atoms with Gasteiger partial charge >= 0.3 is 0 Å². The predicted octanol–water partition coefficient (Wildman–Crippen LogP) is -1.24. The zero-order chi connectivity index (χ0) is 26.0. The SMILES string of the molecule is CSC1O[C@H]([C@H](NC(=O)[C@H]2NC[C@@H]3CN(Cc4ccnc(N)c4)CCO[C@H]32)C(C)C)C(O)C(O)[C@H]1O. The minimum atomic E-state index is -1.36. The number of nitrogens with one attached hydrogen (secondary N) is 2. The maximum Gasteiger partial charge on any atom is 0.240 e. The highest BCUT2D eigenvalue weighted by Gasteiger charge is 2.49. The van der Waals surface area contributed by atoms with Crippen molar-refractivity contribution in [1.29, 1.82) is 0 Å². The van der Waals surface area contributed by atoms with Gasteiger partial charge in [-0.1, -0.05) is 13.8 Å². The van der Waals surface area contributed by atoms with E-state index in [-0.39, 0.29) is 23.8 Å². The molecule has 3 fully saturated rings. The Balaban J connectivity index is 1.40. The number of amides is 1. The number of carbonyl (C=O) groups is 1. The second-order valence-electron chi connectivity index (χ2n) is 10.3. The second kappa shape index (κ2) is 11.9. The molecule has 0 bridgehead atoms. The summed E-state index contributed by atoms with van der Waals surface area (Å²) in [6.45, 7) is 7.24. The fourth-order valence-corrected chi connectivity index (χ4v) is 6.09. The number of aromatic nitrogens is 1. The summed E-state index contributed by atoms with van der Waals surface area (Å²) in [7, 11) is 0. The van der Waals surface area contributed by atoms with Gasteiger partial charge < -0.3 is 41.2 Å². The summed E-state index contributed by atoms with van der Waals surface area (Å²) < 4.78 is 12.1. The van der Waals surface area contributed by atoms with E-state index in [1.54, 1.807) is 12.5 Å². The van der Waals surface area contributed by atoms with Gasteiger partial charge in [-0.2, -0.15) is 0 Å². The number of hydrogen-bond donors (Lipinski definition) is 6. The first-order valence-corrected chi connectivity index (χ1v) is 13.8. The fraction of sp³-hybridized carbons (Fsp3) is 0.750. The number of ether oxygens (including phenoxy) is 2. The molecule has 12 heteroatoms. The van der Waals surface area contributed by atoms with Crippen LogP contribution in [0.3, 0.4) is 0 Å². The van der Waals surface area contributed by atoms with Crippen LogP contribution in [0.15, 0.2) is 18.3 Å². The molecule has 3 unspecified atom stereocenters. The number of aliphatic hydroxyl groups excluding tert-OH is 3. The Bertz CT molecular complexity index is 894. The number of aliphatic hydroxyl groups is 3. The number of nitrogens with two attached hydrogens (primary N) is 1. The number of fused-ring (bicyclic) bond motifs is 1. The van der Waals surface area contributed by atoms with E-state index >= 15 is 0 Å². The Kier molecular flexibility index (Phi) is 9.10. The molecule has 0 spiro atoms. The van der Waals surface area contributed by atoms with Crippen molar-refractivity contribution in [3.8, 4) is 0 Å². The van der Waals surface area contributed by atoms with E-state index in [2.05, 4.69) is 20.5 Å². The fourth-order valence-electron chi connectivity index (χ4n) is 5.41. The lowest BCUT2D eigenvalue weighted by molar-refractivity contribution is -0.208. The van der Waals surface area contributed by atoms with Crippen LogP contribution in [0.25, 0.3) is 0 Å². The molecule has 1 amide bonds. The second-order valence-corrected chi connectivity index (χ2v) is 11.2. The van der Waals surface area contributed by atoms with Crippen molar-refractivity contribution in [2.45, 2.75) is 68.4 Å². The number of nitrogens with zero attached hydrogens (tertiary/aromatic N) is 2. The molecule has 3 aliphatic heterocycles. The Morgan fingerprint density at radius 2 is 2.11 bits per heavy atom. The molecule has 4 heterocycles.